The number of hydrogen-bond acceptors (Lipinski definition) is 2. The van der Waals surface area contributed by atoms with Crippen LogP contribution in [0.3, 0.4) is 0 Å². The van der Waals surface area contributed by atoms with Gasteiger partial charge in [-0.05, 0) is 57.0 Å². The van der Waals surface area contributed by atoms with Gasteiger partial charge in [0, 0.05) is 28.1 Å². The fourth-order valence-electron chi connectivity index (χ4n) is 2.96. The van der Waals surface area contributed by atoms with Crippen molar-refractivity contribution in [3.63, 3.8) is 0 Å². The van der Waals surface area contributed by atoms with Gasteiger partial charge in [0.1, 0.15) is 0 Å². The summed E-state index contributed by atoms with van der Waals surface area (Å²) in [6, 6.07) is 7.21. The summed E-state index contributed by atoms with van der Waals surface area (Å²) in [5.41, 5.74) is 1.22. The first-order valence-electron chi connectivity index (χ1n) is 7.54. The van der Waals surface area contributed by atoms with E-state index >= 15 is 0 Å². The Kier molecular flexibility index (Phi) is 6.34. The molecule has 0 aromatic heterocycles. The van der Waals surface area contributed by atoms with Crippen molar-refractivity contribution >= 4 is 27.5 Å². The SMILES string of the molecule is CCCN(CC1CCCN1)C(C)c1ccc(Br)cc1Cl. The average molecular weight is 360 g/mol. The van der Waals surface area contributed by atoms with Crippen molar-refractivity contribution in [2.24, 2.45) is 0 Å². The molecule has 2 nitrogen and oxygen atoms in total. The van der Waals surface area contributed by atoms with E-state index in [-0.39, 0.29) is 0 Å². The number of rotatable bonds is 6. The summed E-state index contributed by atoms with van der Waals surface area (Å²) in [7, 11) is 0. The van der Waals surface area contributed by atoms with E-state index in [1.165, 1.54) is 24.8 Å². The molecule has 1 aromatic carbocycles. The summed E-state index contributed by atoms with van der Waals surface area (Å²) in [5, 5.41) is 4.45. The summed E-state index contributed by atoms with van der Waals surface area (Å²) in [6.07, 6.45) is 3.77. The van der Waals surface area contributed by atoms with Crippen LogP contribution in [0.15, 0.2) is 22.7 Å². The molecule has 4 heteroatoms. The predicted octanol–water partition coefficient (Wildman–Crippen LogP) is 4.63. The Balaban J connectivity index is 2.10. The molecule has 2 unspecified atom stereocenters. The minimum Gasteiger partial charge on any atom is -0.313 e. The first-order chi connectivity index (χ1) is 9.61. The van der Waals surface area contributed by atoms with E-state index in [9.17, 15) is 0 Å². The smallest absolute Gasteiger partial charge is 0.0464 e. The van der Waals surface area contributed by atoms with Crippen LogP contribution in [0.5, 0.6) is 0 Å². The van der Waals surface area contributed by atoms with Crippen LogP contribution in [-0.4, -0.2) is 30.6 Å². The molecule has 1 N–H and O–H groups in total. The van der Waals surface area contributed by atoms with E-state index in [0.717, 1.165) is 29.1 Å². The molecule has 0 bridgehead atoms. The molecule has 1 aliphatic rings. The van der Waals surface area contributed by atoms with E-state index in [1.54, 1.807) is 0 Å². The number of nitrogens with one attached hydrogen (secondary N) is 1. The Hall–Kier alpha value is -0.0900. The van der Waals surface area contributed by atoms with E-state index < -0.39 is 0 Å². The fourth-order valence-corrected chi connectivity index (χ4v) is 3.79. The molecule has 1 aliphatic heterocycles. The van der Waals surface area contributed by atoms with Crippen molar-refractivity contribution < 1.29 is 0 Å². The quantitative estimate of drug-likeness (QED) is 0.796. The zero-order chi connectivity index (χ0) is 14.5. The van der Waals surface area contributed by atoms with Gasteiger partial charge in [-0.15, -0.1) is 0 Å². The van der Waals surface area contributed by atoms with Gasteiger partial charge in [-0.1, -0.05) is 40.5 Å². The van der Waals surface area contributed by atoms with E-state index in [0.29, 0.717) is 12.1 Å². The summed E-state index contributed by atoms with van der Waals surface area (Å²) in [4.78, 5) is 2.55. The molecule has 20 heavy (non-hydrogen) atoms. The second kappa shape index (κ2) is 7.79. The van der Waals surface area contributed by atoms with Crippen molar-refractivity contribution in [1.29, 1.82) is 0 Å². The predicted molar refractivity (Wildman–Crippen MR) is 90.5 cm³/mol. The Labute approximate surface area is 136 Å². The zero-order valence-electron chi connectivity index (χ0n) is 12.3. The van der Waals surface area contributed by atoms with E-state index in [1.807, 2.05) is 6.07 Å². The summed E-state index contributed by atoms with van der Waals surface area (Å²) < 4.78 is 1.04. The monoisotopic (exact) mass is 358 g/mol. The van der Waals surface area contributed by atoms with Crippen LogP contribution >= 0.6 is 27.5 Å². The summed E-state index contributed by atoms with van der Waals surface area (Å²) >= 11 is 9.89. The van der Waals surface area contributed by atoms with E-state index in [2.05, 4.69) is 52.1 Å². The van der Waals surface area contributed by atoms with Gasteiger partial charge in [0.05, 0.1) is 0 Å². The van der Waals surface area contributed by atoms with Crippen LogP contribution in [0.1, 0.15) is 44.7 Å². The van der Waals surface area contributed by atoms with Crippen LogP contribution in [0.4, 0.5) is 0 Å². The maximum atomic E-state index is 6.41. The number of halogens is 2. The molecule has 0 amide bonds. The first-order valence-corrected chi connectivity index (χ1v) is 8.71. The van der Waals surface area contributed by atoms with Gasteiger partial charge >= 0.3 is 0 Å². The highest BCUT2D eigenvalue weighted by Gasteiger charge is 2.23. The molecule has 1 saturated heterocycles. The molecule has 0 radical (unpaired) electrons. The highest BCUT2D eigenvalue weighted by Crippen LogP contribution is 2.30. The second-order valence-corrected chi connectivity index (χ2v) is 6.95. The topological polar surface area (TPSA) is 15.3 Å². The third-order valence-corrected chi connectivity index (χ3v) is 4.91. The van der Waals surface area contributed by atoms with Crippen molar-refractivity contribution in [2.75, 3.05) is 19.6 Å². The zero-order valence-corrected chi connectivity index (χ0v) is 14.7. The van der Waals surface area contributed by atoms with Gasteiger partial charge in [-0.2, -0.15) is 0 Å². The van der Waals surface area contributed by atoms with Gasteiger partial charge in [-0.3, -0.25) is 4.90 Å². The van der Waals surface area contributed by atoms with Gasteiger partial charge in [0.15, 0.2) is 0 Å². The Bertz CT molecular complexity index is 432. The number of nitrogens with zero attached hydrogens (tertiary/aromatic N) is 1. The minimum atomic E-state index is 0.359. The largest absolute Gasteiger partial charge is 0.313 e. The molecular formula is C16H24BrClN2. The van der Waals surface area contributed by atoms with E-state index in [4.69, 9.17) is 11.6 Å². The van der Waals surface area contributed by atoms with Crippen LogP contribution in [-0.2, 0) is 0 Å². The molecule has 112 valence electrons. The lowest BCUT2D eigenvalue weighted by Gasteiger charge is -2.32. The van der Waals surface area contributed by atoms with Gasteiger partial charge in [0.25, 0.3) is 0 Å². The number of benzene rings is 1. The Morgan fingerprint density at radius 2 is 2.30 bits per heavy atom. The Morgan fingerprint density at radius 3 is 2.90 bits per heavy atom. The van der Waals surface area contributed by atoms with Gasteiger partial charge < -0.3 is 5.32 Å². The van der Waals surface area contributed by atoms with Crippen molar-refractivity contribution in [1.82, 2.24) is 10.2 Å². The normalized spacial score (nSPS) is 20.6. The summed E-state index contributed by atoms with van der Waals surface area (Å²) in [6.45, 7) is 7.90. The lowest BCUT2D eigenvalue weighted by Crippen LogP contribution is -2.39. The van der Waals surface area contributed by atoms with Gasteiger partial charge in [0.2, 0.25) is 0 Å². The van der Waals surface area contributed by atoms with Crippen LogP contribution in [0.2, 0.25) is 5.02 Å². The second-order valence-electron chi connectivity index (χ2n) is 5.63. The lowest BCUT2D eigenvalue weighted by atomic mass is 10.1. The van der Waals surface area contributed by atoms with Crippen LogP contribution in [0, 0.1) is 0 Å². The van der Waals surface area contributed by atoms with Crippen molar-refractivity contribution in [2.45, 2.75) is 45.2 Å². The molecule has 1 fully saturated rings. The molecule has 1 heterocycles. The highest BCUT2D eigenvalue weighted by atomic mass is 79.9. The maximum absolute atomic E-state index is 6.41. The molecule has 0 saturated carbocycles. The first kappa shape index (κ1) is 16.3. The molecule has 1 aromatic rings. The van der Waals surface area contributed by atoms with Crippen molar-refractivity contribution in [3.8, 4) is 0 Å². The average Bonchev–Trinajstić information content (AvgIpc) is 2.90. The third kappa shape index (κ3) is 4.20. The third-order valence-electron chi connectivity index (χ3n) is 4.09. The Morgan fingerprint density at radius 1 is 1.50 bits per heavy atom. The fraction of sp³-hybridized carbons (Fsp3) is 0.625. The lowest BCUT2D eigenvalue weighted by molar-refractivity contribution is 0.192. The molecule has 2 atom stereocenters. The highest BCUT2D eigenvalue weighted by molar-refractivity contribution is 9.10. The van der Waals surface area contributed by atoms with Crippen LogP contribution < -0.4 is 5.32 Å². The molecule has 2 rings (SSSR count). The number of hydrogen-bond donors (Lipinski definition) is 1. The molecule has 0 aliphatic carbocycles. The van der Waals surface area contributed by atoms with Gasteiger partial charge in [-0.25, -0.2) is 0 Å². The van der Waals surface area contributed by atoms with Crippen molar-refractivity contribution in [3.05, 3.63) is 33.3 Å². The maximum Gasteiger partial charge on any atom is 0.0464 e. The van der Waals surface area contributed by atoms with Crippen LogP contribution in [0.25, 0.3) is 0 Å². The minimum absolute atomic E-state index is 0.359. The molecule has 0 spiro atoms. The summed E-state index contributed by atoms with van der Waals surface area (Å²) in [5.74, 6) is 0. The standard InChI is InChI=1S/C16H24BrClN2/c1-3-9-20(11-14-5-4-8-19-14)12(2)15-7-6-13(17)10-16(15)18/h6-7,10,12,14,19H,3-5,8-9,11H2,1-2H3. The molecular weight excluding hydrogens is 336 g/mol.